The van der Waals surface area contributed by atoms with Gasteiger partial charge < -0.3 is 88.0 Å². The molecule has 34 heteroatoms. The van der Waals surface area contributed by atoms with E-state index in [2.05, 4.69) is 67.8 Å². The number of aromatic amines is 3. The highest BCUT2D eigenvalue weighted by molar-refractivity contribution is 7.98. The summed E-state index contributed by atoms with van der Waals surface area (Å²) in [6, 6.07) is 6.99. The van der Waals surface area contributed by atoms with Crippen LogP contribution in [-0.4, -0.2) is 201 Å². The number of nitrogens with two attached hydrogens (primary N) is 1. The summed E-state index contributed by atoms with van der Waals surface area (Å²) in [6.07, 6.45) is 3.42. The van der Waals surface area contributed by atoms with Crippen molar-refractivity contribution in [1.29, 1.82) is 0 Å². The number of methoxy groups -OCH3 is 1. The number of carboxylic acids is 1. The van der Waals surface area contributed by atoms with Crippen LogP contribution in [0.15, 0.2) is 104 Å². The Bertz CT molecular complexity index is 4280. The van der Waals surface area contributed by atoms with Crippen molar-refractivity contribution in [1.82, 2.24) is 72.7 Å². The third kappa shape index (κ3) is 22.1. The van der Waals surface area contributed by atoms with Gasteiger partial charge in [-0.3, -0.25) is 52.7 Å². The Kier molecular flexibility index (Phi) is 28.0. The predicted octanol–water partition coefficient (Wildman–Crippen LogP) is 2.12. The molecule has 3 aromatic heterocycles. The van der Waals surface area contributed by atoms with Crippen molar-refractivity contribution >= 4 is 110 Å². The van der Waals surface area contributed by atoms with Crippen molar-refractivity contribution in [3.8, 4) is 5.75 Å². The average Bonchev–Trinajstić information content (AvgIpc) is 1.68. The number of nitrogens with one attached hydrogen (secondary N) is 12. The van der Waals surface area contributed by atoms with E-state index >= 15 is 28.0 Å². The van der Waals surface area contributed by atoms with Crippen molar-refractivity contribution in [2.45, 2.75) is 125 Å². The molecule has 2 aliphatic rings. The number of hydrogen-bond donors (Lipinski definition) is 14. The number of carbonyl (C=O) groups is 11. The van der Waals surface area contributed by atoms with Crippen molar-refractivity contribution < 1.29 is 80.5 Å². The second kappa shape index (κ2) is 37.3. The molecule has 2 aliphatic heterocycles. The number of carbonyl (C=O) groups excluding carboxylic acids is 10. The largest absolute Gasteiger partial charge is 0.497 e. The van der Waals surface area contributed by atoms with Crippen LogP contribution in [0.25, 0.3) is 21.8 Å². The molecule has 4 aromatic carbocycles. The number of aliphatic carboxylic acids is 1. The zero-order chi connectivity index (χ0) is 75.3. The second-order valence-electron chi connectivity index (χ2n) is 25.6. The highest BCUT2D eigenvalue weighted by Crippen LogP contribution is 2.32. The lowest BCUT2D eigenvalue weighted by Crippen LogP contribution is -2.62. The minimum Gasteiger partial charge on any atom is -0.497 e. The van der Waals surface area contributed by atoms with Crippen molar-refractivity contribution in [2.24, 2.45) is 5.73 Å². The first kappa shape index (κ1) is 78.7. The van der Waals surface area contributed by atoms with Crippen molar-refractivity contribution in [3.63, 3.8) is 0 Å². The molecule has 7 aromatic rings. The number of amides is 10. The molecule has 560 valence electrons. The Morgan fingerprint density at radius 2 is 1.24 bits per heavy atom. The molecule has 29 nitrogen and oxygen atoms in total. The van der Waals surface area contributed by atoms with E-state index in [1.807, 2.05) is 6.07 Å². The molecule has 9 rings (SSSR count). The number of imidazole rings is 1. The zero-order valence-electron chi connectivity index (χ0n) is 57.8. The van der Waals surface area contributed by atoms with Crippen LogP contribution < -0.4 is 58.3 Å². The molecule has 10 amide bonds. The van der Waals surface area contributed by atoms with E-state index < -0.39 is 163 Å². The predicted molar refractivity (Wildman–Crippen MR) is 383 cm³/mol. The van der Waals surface area contributed by atoms with Gasteiger partial charge in [0, 0.05) is 127 Å². The molecule has 0 aliphatic carbocycles. The van der Waals surface area contributed by atoms with Crippen LogP contribution in [0.3, 0.4) is 0 Å². The number of ether oxygens (including phenoxy) is 2. The third-order valence-corrected chi connectivity index (χ3v) is 19.8. The maximum atomic E-state index is 15.2. The molecule has 0 unspecified atom stereocenters. The highest BCUT2D eigenvalue weighted by atomic mass is 32.2. The number of nitrogens with zero attached hydrogens (tertiary/aromatic N) is 2. The number of thioether (sulfide) groups is 2. The Morgan fingerprint density at radius 3 is 1.83 bits per heavy atom. The maximum absolute atomic E-state index is 15.2. The molecule has 15 N–H and O–H groups in total. The van der Waals surface area contributed by atoms with E-state index in [1.54, 1.807) is 31.2 Å². The lowest BCUT2D eigenvalue weighted by Gasteiger charge is -2.36. The van der Waals surface area contributed by atoms with Crippen LogP contribution >= 0.6 is 23.5 Å². The molecule has 8 atom stereocenters. The van der Waals surface area contributed by atoms with Crippen molar-refractivity contribution in [2.75, 3.05) is 58.0 Å². The van der Waals surface area contributed by atoms with Gasteiger partial charge in [0.2, 0.25) is 59.1 Å². The van der Waals surface area contributed by atoms with Gasteiger partial charge in [-0.15, -0.1) is 0 Å². The molecule has 0 spiro atoms. The van der Waals surface area contributed by atoms with Gasteiger partial charge in [0.25, 0.3) is 0 Å². The van der Waals surface area contributed by atoms with E-state index in [1.165, 1.54) is 110 Å². The van der Waals surface area contributed by atoms with Crippen LogP contribution in [-0.2, 0) is 94.7 Å². The van der Waals surface area contributed by atoms with Gasteiger partial charge in [0.15, 0.2) is 0 Å². The Morgan fingerprint density at radius 1 is 0.667 bits per heavy atom. The minimum absolute atomic E-state index is 0.0342. The first-order chi connectivity index (χ1) is 50.4. The van der Waals surface area contributed by atoms with Crippen LogP contribution in [0.4, 0.5) is 13.2 Å². The molecule has 0 radical (unpaired) electrons. The molecule has 1 fully saturated rings. The highest BCUT2D eigenvalue weighted by Gasteiger charge is 2.48. The number of carboxylic acid groups (broad SMARTS) is 1. The van der Waals surface area contributed by atoms with Crippen LogP contribution in [0.1, 0.15) is 73.0 Å². The second-order valence-corrected chi connectivity index (χ2v) is 27.8. The minimum atomic E-state index is -2.05. The molecular formula is C71H84F3N15O14S2. The monoisotopic (exact) mass is 1490 g/mol. The summed E-state index contributed by atoms with van der Waals surface area (Å²) >= 11 is 2.71. The van der Waals surface area contributed by atoms with Crippen LogP contribution in [0.5, 0.6) is 5.75 Å². The van der Waals surface area contributed by atoms with Crippen molar-refractivity contribution in [3.05, 3.63) is 155 Å². The van der Waals surface area contributed by atoms with E-state index in [0.29, 0.717) is 51.4 Å². The number of hydrogen-bond acceptors (Lipinski definition) is 17. The van der Waals surface area contributed by atoms with Gasteiger partial charge in [0.1, 0.15) is 77.6 Å². The number of rotatable bonds is 17. The average molecular weight is 1490 g/mol. The number of halogens is 3. The normalized spacial score (nSPS) is 22.3. The SMILES string of the molecule is COc1ccc(C[C@@H]2NC(=O)[C@H](Cc3cnc[nH]3)NC(=O)[C@H](CC(=O)O)NC(=O)[C@H](Cc3c[nH]c4ccc(F)cc34)NC(=O)[C@H](Cc3c[nH]c4ccc(F)cc34)NC(=O)[C@@H](C)NC(=O)[C@H](CNC(=O)COCCN)NC(=O)CCSCc3cc(F)cc(c3)CSCCNC(=O)[C@]3(C)CCCN3C2=O)cc1. The van der Waals surface area contributed by atoms with Gasteiger partial charge >= 0.3 is 5.97 Å². The maximum Gasteiger partial charge on any atom is 0.305 e. The molecule has 1 saturated heterocycles. The summed E-state index contributed by atoms with van der Waals surface area (Å²) in [4.78, 5) is 172. The van der Waals surface area contributed by atoms with E-state index in [0.717, 1.165) is 6.07 Å². The van der Waals surface area contributed by atoms with E-state index in [-0.39, 0.29) is 91.0 Å². The third-order valence-electron chi connectivity index (χ3n) is 17.8. The number of H-pyrrole nitrogens is 3. The topological polar surface area (TPSA) is 424 Å². The number of aromatic nitrogens is 4. The fourth-order valence-electron chi connectivity index (χ4n) is 12.3. The van der Waals surface area contributed by atoms with Crippen LogP contribution in [0, 0.1) is 17.5 Å². The van der Waals surface area contributed by atoms with Crippen LogP contribution in [0.2, 0.25) is 0 Å². The summed E-state index contributed by atoms with van der Waals surface area (Å²) in [6.45, 7) is 2.30. The first-order valence-corrected chi connectivity index (χ1v) is 36.2. The zero-order valence-corrected chi connectivity index (χ0v) is 59.4. The molecule has 105 heavy (non-hydrogen) atoms. The fraction of sp³-hybridized carbons (Fsp3) is 0.408. The van der Waals surface area contributed by atoms with E-state index in [9.17, 15) is 43.1 Å². The molecular weight excluding hydrogens is 1410 g/mol. The standard InChI is InChI=1S/C71H84F3N15O14S2/c1-39-63(94)84-54(25-43-31-78-52-11-7-45(72)27-50(43)52)64(95)85-55(26-44-32-79-53-12-8-46(73)28-51(44)53)65(96)87-57(30-62(92)93)67(98)86-56(29-48-33-76-38-81-48)66(97)88-58(24-40-5-9-49(102-3)10-6-40)69(100)89-17-4-14-71(89,2)70(101)77-16-20-105-37-42-21-41(22-47(74)23-42)36-104-19-13-60(90)83-59(68(99)82-39)34-80-61(91)35-103-18-15-75/h5-12,21-23,27-28,31-33,38-39,54-59,78-79H,4,13-20,24-26,29-30,34-37,75H2,1-3H3,(H,76,81)(H,77,101)(H,80,91)(H,82,99)(H,83,90)(H,84,94)(H,85,95)(H,86,98)(H,87,96)(H,88,97)(H,92,93)/t39-,54+,55+,56+,57+,58+,59+,71+/m1/s1. The summed E-state index contributed by atoms with van der Waals surface area (Å²) < 4.78 is 55.7. The Hall–Kier alpha value is -10.5. The quantitative estimate of drug-likeness (QED) is 0.0581. The summed E-state index contributed by atoms with van der Waals surface area (Å²) in [5.41, 5.74) is 7.46. The Labute approximate surface area is 609 Å². The number of fused-ring (bicyclic) bond motifs is 5. The summed E-state index contributed by atoms with van der Waals surface area (Å²) in [5.74, 6) is -10.8. The molecule has 0 saturated carbocycles. The lowest BCUT2D eigenvalue weighted by molar-refractivity contribution is -0.146. The summed E-state index contributed by atoms with van der Waals surface area (Å²) in [7, 11) is 1.47. The first-order valence-electron chi connectivity index (χ1n) is 33.9. The lowest BCUT2D eigenvalue weighted by atomic mass is 9.95. The fourth-order valence-corrected chi connectivity index (χ4v) is 13.9. The summed E-state index contributed by atoms with van der Waals surface area (Å²) in [5, 5.41) is 34.5. The molecule has 2 bridgehead atoms. The van der Waals surface area contributed by atoms with Gasteiger partial charge in [0.05, 0.1) is 26.5 Å². The Balaban J connectivity index is 1.06. The van der Waals surface area contributed by atoms with Gasteiger partial charge in [-0.1, -0.05) is 18.2 Å². The van der Waals surface area contributed by atoms with Gasteiger partial charge in [-0.2, -0.15) is 23.5 Å². The van der Waals surface area contributed by atoms with Gasteiger partial charge in [-0.05, 0) is 115 Å². The molecule has 5 heterocycles. The smallest absolute Gasteiger partial charge is 0.305 e. The van der Waals surface area contributed by atoms with Gasteiger partial charge in [-0.25, -0.2) is 18.2 Å². The van der Waals surface area contributed by atoms with E-state index in [4.69, 9.17) is 15.2 Å². The number of benzene rings is 4.